The molecule has 3 rings (SSSR count). The zero-order chi connectivity index (χ0) is 27.0. The molecule has 0 aliphatic carbocycles. The number of hydrogen-bond acceptors (Lipinski definition) is 4. The minimum absolute atomic E-state index is 0.0540. The van der Waals surface area contributed by atoms with Gasteiger partial charge in [0.25, 0.3) is 0 Å². The van der Waals surface area contributed by atoms with Crippen LogP contribution >= 0.6 is 11.3 Å². The quantitative estimate of drug-likeness (QED) is 0.333. The summed E-state index contributed by atoms with van der Waals surface area (Å²) < 4.78 is 13.5. The third kappa shape index (κ3) is 9.86. The van der Waals surface area contributed by atoms with Crippen LogP contribution in [0.1, 0.15) is 69.4 Å². The van der Waals surface area contributed by atoms with Gasteiger partial charge in [-0.2, -0.15) is 0 Å². The Morgan fingerprint density at radius 3 is 2.30 bits per heavy atom. The van der Waals surface area contributed by atoms with E-state index in [0.717, 1.165) is 42.1 Å². The zero-order valence-corrected chi connectivity index (χ0v) is 24.1. The zero-order valence-electron chi connectivity index (χ0n) is 23.3. The molecule has 0 N–H and O–H groups in total. The molecule has 0 bridgehead atoms. The molecule has 2 amide bonds. The monoisotopic (exact) mass is 529 g/mol. The van der Waals surface area contributed by atoms with Gasteiger partial charge in [-0.15, -0.1) is 11.3 Å². The number of carbonyl (C=O) groups excluding carboxylic acids is 2. The Morgan fingerprint density at radius 1 is 1.03 bits per heavy atom. The van der Waals surface area contributed by atoms with Crippen molar-refractivity contribution in [3.05, 3.63) is 57.5 Å². The number of benzene rings is 1. The van der Waals surface area contributed by atoms with E-state index < -0.39 is 0 Å². The average molecular weight is 530 g/mol. The maximum atomic E-state index is 13.7. The topological polar surface area (TPSA) is 43.9 Å². The standard InChI is InChI=1S/C30H44FN3O2S/c1-23(19-30(3,4)5)18-28(35)33(16-15-32-13-6-7-14-32)22-29(36)34(21-27-24(2)12-17-37-27)20-25-8-10-26(31)11-9-25/h8-12,17,23H,6-7,13-16,18-22H2,1-5H3. The van der Waals surface area contributed by atoms with E-state index in [9.17, 15) is 14.0 Å². The van der Waals surface area contributed by atoms with Crippen molar-refractivity contribution in [3.8, 4) is 0 Å². The first-order chi connectivity index (χ1) is 17.5. The minimum Gasteiger partial charge on any atom is -0.332 e. The molecule has 204 valence electrons. The van der Waals surface area contributed by atoms with Crippen LogP contribution in [0.5, 0.6) is 0 Å². The van der Waals surface area contributed by atoms with Crippen LogP contribution in [0.15, 0.2) is 35.7 Å². The average Bonchev–Trinajstić information content (AvgIpc) is 3.48. The summed E-state index contributed by atoms with van der Waals surface area (Å²) in [4.78, 5) is 34.3. The van der Waals surface area contributed by atoms with E-state index in [0.29, 0.717) is 26.1 Å². The van der Waals surface area contributed by atoms with Gasteiger partial charge in [-0.3, -0.25) is 9.59 Å². The Hall–Kier alpha value is -2.25. The summed E-state index contributed by atoms with van der Waals surface area (Å²) in [7, 11) is 0. The van der Waals surface area contributed by atoms with Gasteiger partial charge in [0.2, 0.25) is 11.8 Å². The normalized spacial score (nSPS) is 15.1. The molecule has 1 fully saturated rings. The lowest BCUT2D eigenvalue weighted by molar-refractivity contribution is -0.142. The second kappa shape index (κ2) is 13.5. The predicted octanol–water partition coefficient (Wildman–Crippen LogP) is 6.11. The first kappa shape index (κ1) is 29.3. The summed E-state index contributed by atoms with van der Waals surface area (Å²) in [5, 5.41) is 2.04. The van der Waals surface area contributed by atoms with Crippen LogP contribution in [0, 0.1) is 24.1 Å². The fourth-order valence-corrected chi connectivity index (χ4v) is 6.07. The van der Waals surface area contributed by atoms with Crippen LogP contribution in [0.3, 0.4) is 0 Å². The largest absolute Gasteiger partial charge is 0.332 e. The lowest BCUT2D eigenvalue weighted by atomic mass is 9.84. The Labute approximate surface area is 226 Å². The van der Waals surface area contributed by atoms with Crippen molar-refractivity contribution >= 4 is 23.2 Å². The van der Waals surface area contributed by atoms with Crippen molar-refractivity contribution in [1.29, 1.82) is 0 Å². The van der Waals surface area contributed by atoms with E-state index in [4.69, 9.17) is 0 Å². The Bertz CT molecular complexity index is 1010. The number of hydrogen-bond donors (Lipinski definition) is 0. The first-order valence-corrected chi connectivity index (χ1v) is 14.4. The fourth-order valence-electron chi connectivity index (χ4n) is 5.15. The molecule has 1 aromatic heterocycles. The molecule has 0 spiro atoms. The van der Waals surface area contributed by atoms with Crippen molar-refractivity contribution in [2.24, 2.45) is 11.3 Å². The molecule has 7 heteroatoms. The van der Waals surface area contributed by atoms with Gasteiger partial charge in [-0.1, -0.05) is 39.8 Å². The number of aryl methyl sites for hydroxylation is 1. The summed E-state index contributed by atoms with van der Waals surface area (Å²) in [5.41, 5.74) is 2.18. The van der Waals surface area contributed by atoms with Gasteiger partial charge in [0.1, 0.15) is 5.82 Å². The van der Waals surface area contributed by atoms with E-state index in [2.05, 4.69) is 45.6 Å². The molecule has 1 aliphatic rings. The number of nitrogens with zero attached hydrogens (tertiary/aromatic N) is 3. The summed E-state index contributed by atoms with van der Waals surface area (Å²) in [6, 6.07) is 8.36. The van der Waals surface area contributed by atoms with Crippen LogP contribution in [-0.2, 0) is 22.7 Å². The molecular formula is C30H44FN3O2S. The lowest BCUT2D eigenvalue weighted by Gasteiger charge is -2.30. The van der Waals surface area contributed by atoms with Gasteiger partial charge in [0.05, 0.1) is 13.1 Å². The van der Waals surface area contributed by atoms with Crippen molar-refractivity contribution in [2.75, 3.05) is 32.7 Å². The van der Waals surface area contributed by atoms with Crippen molar-refractivity contribution in [1.82, 2.24) is 14.7 Å². The molecule has 5 nitrogen and oxygen atoms in total. The fraction of sp³-hybridized carbons (Fsp3) is 0.600. The number of thiophene rings is 1. The number of likely N-dealkylation sites (tertiary alicyclic amines) is 1. The van der Waals surface area contributed by atoms with Gasteiger partial charge >= 0.3 is 0 Å². The van der Waals surface area contributed by atoms with E-state index in [-0.39, 0.29) is 35.5 Å². The minimum atomic E-state index is -0.293. The molecule has 0 radical (unpaired) electrons. The van der Waals surface area contributed by atoms with Gasteiger partial charge in [-0.05, 0) is 85.3 Å². The van der Waals surface area contributed by atoms with E-state index in [1.807, 2.05) is 5.38 Å². The third-order valence-electron chi connectivity index (χ3n) is 6.99. The smallest absolute Gasteiger partial charge is 0.242 e. The predicted molar refractivity (Wildman–Crippen MR) is 150 cm³/mol. The molecule has 1 unspecified atom stereocenters. The van der Waals surface area contributed by atoms with E-state index >= 15 is 0 Å². The highest BCUT2D eigenvalue weighted by Gasteiger charge is 2.26. The van der Waals surface area contributed by atoms with Crippen molar-refractivity contribution in [3.63, 3.8) is 0 Å². The highest BCUT2D eigenvalue weighted by molar-refractivity contribution is 7.10. The maximum Gasteiger partial charge on any atom is 0.242 e. The highest BCUT2D eigenvalue weighted by atomic mass is 32.1. The third-order valence-corrected chi connectivity index (χ3v) is 8.00. The van der Waals surface area contributed by atoms with Gasteiger partial charge in [0, 0.05) is 30.9 Å². The molecule has 1 aliphatic heterocycles. The molecule has 1 atom stereocenters. The molecule has 2 aromatic rings. The number of rotatable bonds is 12. The summed E-state index contributed by atoms with van der Waals surface area (Å²) >= 11 is 1.63. The molecular weight excluding hydrogens is 485 g/mol. The first-order valence-electron chi connectivity index (χ1n) is 13.6. The summed E-state index contributed by atoms with van der Waals surface area (Å²) in [5.74, 6) is -0.0616. The summed E-state index contributed by atoms with van der Waals surface area (Å²) in [6.45, 7) is 15.2. The molecule has 1 saturated heterocycles. The van der Waals surface area contributed by atoms with Crippen LogP contribution in [0.2, 0.25) is 0 Å². The number of amides is 2. The Balaban J connectivity index is 1.75. The highest BCUT2D eigenvalue weighted by Crippen LogP contribution is 2.26. The molecule has 37 heavy (non-hydrogen) atoms. The summed E-state index contributed by atoms with van der Waals surface area (Å²) in [6.07, 6.45) is 3.80. The van der Waals surface area contributed by atoms with Gasteiger partial charge in [-0.25, -0.2) is 4.39 Å². The van der Waals surface area contributed by atoms with Crippen LogP contribution < -0.4 is 0 Å². The Morgan fingerprint density at radius 2 is 1.70 bits per heavy atom. The van der Waals surface area contributed by atoms with Crippen LogP contribution in [-0.4, -0.2) is 59.2 Å². The SMILES string of the molecule is Cc1ccsc1CN(Cc1ccc(F)cc1)C(=O)CN(CCN1CCCC1)C(=O)CC(C)CC(C)(C)C. The van der Waals surface area contributed by atoms with E-state index in [1.165, 1.54) is 25.0 Å². The van der Waals surface area contributed by atoms with E-state index in [1.54, 1.807) is 33.3 Å². The van der Waals surface area contributed by atoms with Gasteiger partial charge < -0.3 is 14.7 Å². The molecule has 0 saturated carbocycles. The number of carbonyl (C=O) groups is 2. The maximum absolute atomic E-state index is 13.7. The van der Waals surface area contributed by atoms with Crippen LogP contribution in [0.4, 0.5) is 4.39 Å². The van der Waals surface area contributed by atoms with Gasteiger partial charge in [0.15, 0.2) is 0 Å². The Kier molecular flexibility index (Phi) is 10.7. The second-order valence-electron chi connectivity index (χ2n) is 11.8. The second-order valence-corrected chi connectivity index (χ2v) is 12.8. The molecule has 2 heterocycles. The van der Waals surface area contributed by atoms with Crippen molar-refractivity contribution in [2.45, 2.75) is 73.4 Å². The lowest BCUT2D eigenvalue weighted by Crippen LogP contribution is -2.45. The van der Waals surface area contributed by atoms with Crippen molar-refractivity contribution < 1.29 is 14.0 Å². The number of halogens is 1. The molecule has 1 aromatic carbocycles. The van der Waals surface area contributed by atoms with Crippen LogP contribution in [0.25, 0.3) is 0 Å².